The minimum absolute atomic E-state index is 0.252. The van der Waals surface area contributed by atoms with Gasteiger partial charge in [0.2, 0.25) is 0 Å². The zero-order chi connectivity index (χ0) is 13.3. The SMILES string of the molecule is CCCC(C(=O)OCC)C(CO)(OCC)P=O. The molecular formula is C11H21O5P. The number of esters is 1. The fourth-order valence-corrected chi connectivity index (χ4v) is 2.29. The van der Waals surface area contributed by atoms with Crippen molar-refractivity contribution in [2.45, 2.75) is 39.0 Å². The molecule has 100 valence electrons. The third kappa shape index (κ3) is 4.34. The molecule has 0 heterocycles. The van der Waals surface area contributed by atoms with Gasteiger partial charge in [-0.1, -0.05) is 13.3 Å². The highest BCUT2D eigenvalue weighted by Crippen LogP contribution is 2.36. The molecule has 0 saturated heterocycles. The molecule has 0 aromatic heterocycles. The number of hydrogen-bond donors (Lipinski definition) is 1. The van der Waals surface area contributed by atoms with Gasteiger partial charge in [-0.25, -0.2) is 0 Å². The van der Waals surface area contributed by atoms with Gasteiger partial charge < -0.3 is 14.6 Å². The van der Waals surface area contributed by atoms with E-state index in [4.69, 9.17) is 9.47 Å². The van der Waals surface area contributed by atoms with E-state index in [1.54, 1.807) is 13.8 Å². The van der Waals surface area contributed by atoms with Crippen LogP contribution in [0, 0.1) is 5.92 Å². The van der Waals surface area contributed by atoms with E-state index >= 15 is 0 Å². The average molecular weight is 264 g/mol. The molecule has 0 aliphatic carbocycles. The number of carbonyl (C=O) groups is 1. The summed E-state index contributed by atoms with van der Waals surface area (Å²) in [7, 11) is -0.394. The van der Waals surface area contributed by atoms with Crippen molar-refractivity contribution in [2.24, 2.45) is 5.92 Å². The standard InChI is InChI=1S/C11H21O5P/c1-4-7-9(10(13)15-5-2)11(8-12,17-14)16-6-3/h9,12H,4-8H2,1-3H3. The van der Waals surface area contributed by atoms with Crippen LogP contribution in [0.3, 0.4) is 0 Å². The van der Waals surface area contributed by atoms with Gasteiger partial charge in [-0.3, -0.25) is 9.36 Å². The van der Waals surface area contributed by atoms with Gasteiger partial charge in [0.25, 0.3) is 0 Å². The fraction of sp³-hybridized carbons (Fsp3) is 0.909. The molecule has 2 unspecified atom stereocenters. The van der Waals surface area contributed by atoms with Crippen LogP contribution in [-0.2, 0) is 18.8 Å². The lowest BCUT2D eigenvalue weighted by Gasteiger charge is -2.31. The maximum absolute atomic E-state index is 11.8. The number of hydrogen-bond acceptors (Lipinski definition) is 5. The van der Waals surface area contributed by atoms with Crippen LogP contribution in [0.4, 0.5) is 0 Å². The van der Waals surface area contributed by atoms with Gasteiger partial charge in [0.15, 0.2) is 13.8 Å². The smallest absolute Gasteiger partial charge is 0.312 e. The van der Waals surface area contributed by atoms with E-state index in [9.17, 15) is 14.5 Å². The Bertz CT molecular complexity index is 246. The van der Waals surface area contributed by atoms with Crippen LogP contribution in [0.2, 0.25) is 0 Å². The molecule has 17 heavy (non-hydrogen) atoms. The summed E-state index contributed by atoms with van der Waals surface area (Å²) in [5, 5.41) is 8.00. The maximum atomic E-state index is 11.8. The topological polar surface area (TPSA) is 72.8 Å². The van der Waals surface area contributed by atoms with E-state index in [2.05, 4.69) is 0 Å². The molecule has 0 radical (unpaired) electrons. The Kier molecular flexibility index (Phi) is 8.30. The molecule has 0 aromatic carbocycles. The molecule has 6 heteroatoms. The van der Waals surface area contributed by atoms with Gasteiger partial charge in [-0.15, -0.1) is 0 Å². The van der Waals surface area contributed by atoms with Gasteiger partial charge >= 0.3 is 5.97 Å². The second-order valence-corrected chi connectivity index (χ2v) is 4.56. The number of carbonyl (C=O) groups excluding carboxylic acids is 1. The van der Waals surface area contributed by atoms with Gasteiger partial charge in [-0.2, -0.15) is 0 Å². The third-order valence-electron chi connectivity index (χ3n) is 2.47. The second kappa shape index (κ2) is 8.56. The average Bonchev–Trinajstić information content (AvgIpc) is 2.34. The molecule has 0 aliphatic rings. The molecule has 0 aromatic rings. The van der Waals surface area contributed by atoms with Crippen LogP contribution in [-0.4, -0.2) is 36.2 Å². The first-order valence-corrected chi connectivity index (χ1v) is 6.68. The van der Waals surface area contributed by atoms with Crippen molar-refractivity contribution in [3.05, 3.63) is 0 Å². The Balaban J connectivity index is 5.06. The fourth-order valence-electron chi connectivity index (χ4n) is 1.68. The molecule has 1 N–H and O–H groups in total. The Morgan fingerprint density at radius 1 is 1.35 bits per heavy atom. The highest BCUT2D eigenvalue weighted by Gasteiger charge is 2.45. The van der Waals surface area contributed by atoms with Gasteiger partial charge in [0.05, 0.1) is 19.1 Å². The van der Waals surface area contributed by atoms with Crippen molar-refractivity contribution >= 4 is 14.4 Å². The van der Waals surface area contributed by atoms with Gasteiger partial charge in [0, 0.05) is 6.61 Å². The molecule has 0 fully saturated rings. The molecule has 0 aliphatic heterocycles. The zero-order valence-electron chi connectivity index (χ0n) is 10.6. The van der Waals surface area contributed by atoms with Gasteiger partial charge in [0.1, 0.15) is 0 Å². The predicted molar refractivity (Wildman–Crippen MR) is 64.1 cm³/mol. The number of aliphatic hydroxyl groups is 1. The van der Waals surface area contributed by atoms with E-state index in [1.165, 1.54) is 0 Å². The van der Waals surface area contributed by atoms with Crippen LogP contribution in [0.5, 0.6) is 0 Å². The first-order valence-electron chi connectivity index (χ1n) is 5.87. The lowest BCUT2D eigenvalue weighted by molar-refractivity contribution is -0.159. The highest BCUT2D eigenvalue weighted by atomic mass is 31.1. The largest absolute Gasteiger partial charge is 0.466 e. The van der Waals surface area contributed by atoms with E-state index in [1.807, 2.05) is 6.92 Å². The summed E-state index contributed by atoms with van der Waals surface area (Å²) in [6.45, 7) is 5.39. The Morgan fingerprint density at radius 3 is 2.35 bits per heavy atom. The second-order valence-electron chi connectivity index (χ2n) is 3.62. The minimum atomic E-state index is -1.38. The molecule has 0 rings (SSSR count). The van der Waals surface area contributed by atoms with E-state index in [0.29, 0.717) is 12.8 Å². The number of aliphatic hydroxyl groups excluding tert-OH is 1. The Hall–Kier alpha value is -0.510. The number of ether oxygens (including phenoxy) is 2. The molecule has 0 spiro atoms. The first kappa shape index (κ1) is 16.5. The Labute approximate surface area is 104 Å². The normalized spacial score (nSPS) is 16.5. The quantitative estimate of drug-likeness (QED) is 0.509. The molecule has 2 atom stereocenters. The minimum Gasteiger partial charge on any atom is -0.466 e. The van der Waals surface area contributed by atoms with Gasteiger partial charge in [-0.05, 0) is 20.3 Å². The molecule has 0 bridgehead atoms. The molecular weight excluding hydrogens is 243 g/mol. The summed E-state index contributed by atoms with van der Waals surface area (Å²) < 4.78 is 21.6. The summed E-state index contributed by atoms with van der Waals surface area (Å²) in [4.78, 5) is 11.8. The highest BCUT2D eigenvalue weighted by molar-refractivity contribution is 7.25. The first-order chi connectivity index (χ1) is 8.11. The summed E-state index contributed by atoms with van der Waals surface area (Å²) in [6.07, 6.45) is 1.18. The van der Waals surface area contributed by atoms with Crippen LogP contribution < -0.4 is 0 Å². The zero-order valence-corrected chi connectivity index (χ0v) is 11.5. The predicted octanol–water partition coefficient (Wildman–Crippen LogP) is 1.98. The van der Waals surface area contributed by atoms with Crippen molar-refractivity contribution < 1.29 is 23.9 Å². The lowest BCUT2D eigenvalue weighted by atomic mass is 9.96. The summed E-state index contributed by atoms with van der Waals surface area (Å²) in [5.74, 6) is -1.18. The summed E-state index contributed by atoms with van der Waals surface area (Å²) in [6, 6.07) is 0. The summed E-state index contributed by atoms with van der Waals surface area (Å²) >= 11 is 0. The van der Waals surface area contributed by atoms with Crippen LogP contribution in [0.25, 0.3) is 0 Å². The van der Waals surface area contributed by atoms with Crippen LogP contribution >= 0.6 is 8.46 Å². The van der Waals surface area contributed by atoms with Crippen LogP contribution in [0.15, 0.2) is 0 Å². The van der Waals surface area contributed by atoms with Crippen molar-refractivity contribution in [1.82, 2.24) is 0 Å². The molecule has 5 nitrogen and oxygen atoms in total. The number of rotatable bonds is 9. The lowest BCUT2D eigenvalue weighted by Crippen LogP contribution is -2.44. The van der Waals surface area contributed by atoms with Crippen molar-refractivity contribution in [1.29, 1.82) is 0 Å². The van der Waals surface area contributed by atoms with E-state index in [-0.39, 0.29) is 13.2 Å². The third-order valence-corrected chi connectivity index (χ3v) is 3.36. The van der Waals surface area contributed by atoms with Crippen LogP contribution in [0.1, 0.15) is 33.6 Å². The van der Waals surface area contributed by atoms with Crippen molar-refractivity contribution in [3.8, 4) is 0 Å². The summed E-state index contributed by atoms with van der Waals surface area (Å²) in [5.41, 5.74) is 0. The van der Waals surface area contributed by atoms with Crippen molar-refractivity contribution in [3.63, 3.8) is 0 Å². The molecule has 0 saturated carbocycles. The van der Waals surface area contributed by atoms with E-state index in [0.717, 1.165) is 0 Å². The van der Waals surface area contributed by atoms with E-state index < -0.39 is 32.3 Å². The maximum Gasteiger partial charge on any atom is 0.312 e. The molecule has 0 amide bonds. The van der Waals surface area contributed by atoms with Crippen molar-refractivity contribution in [2.75, 3.05) is 19.8 Å². The Morgan fingerprint density at radius 2 is 2.00 bits per heavy atom. The monoisotopic (exact) mass is 264 g/mol.